The van der Waals surface area contributed by atoms with Crippen LogP contribution in [0.1, 0.15) is 18.5 Å². The fourth-order valence-corrected chi connectivity index (χ4v) is 5.39. The number of halogens is 1. The minimum Gasteiger partial charge on any atom is -0.486 e. The highest BCUT2D eigenvalue weighted by atomic mass is 79.9. The molecule has 2 aromatic rings. The summed E-state index contributed by atoms with van der Waals surface area (Å²) in [4.78, 5) is 0. The summed E-state index contributed by atoms with van der Waals surface area (Å²) in [7, 11) is -3.54. The molecular weight excluding hydrogens is 390 g/mol. The van der Waals surface area contributed by atoms with Crippen molar-refractivity contribution < 1.29 is 17.9 Å². The number of nitrogens with one attached hydrogen (secondary N) is 1. The summed E-state index contributed by atoms with van der Waals surface area (Å²) in [5.41, 5.74) is 0.823. The van der Waals surface area contributed by atoms with Crippen molar-refractivity contribution in [2.24, 2.45) is 0 Å². The van der Waals surface area contributed by atoms with Crippen molar-refractivity contribution in [3.05, 3.63) is 39.7 Å². The van der Waals surface area contributed by atoms with Crippen LogP contribution in [0.5, 0.6) is 11.5 Å². The quantitative estimate of drug-likeness (QED) is 0.849. The largest absolute Gasteiger partial charge is 0.486 e. The van der Waals surface area contributed by atoms with E-state index in [0.29, 0.717) is 24.7 Å². The van der Waals surface area contributed by atoms with Crippen molar-refractivity contribution in [2.45, 2.75) is 17.2 Å². The summed E-state index contributed by atoms with van der Waals surface area (Å²) in [6.07, 6.45) is 0. The Bertz CT molecular complexity index is 788. The maximum absolute atomic E-state index is 12.3. The summed E-state index contributed by atoms with van der Waals surface area (Å²) in [5, 5.41) is 0. The lowest BCUT2D eigenvalue weighted by molar-refractivity contribution is 0.171. The number of benzene rings is 1. The second-order valence-electron chi connectivity index (χ2n) is 4.80. The average Bonchev–Trinajstić information content (AvgIpc) is 2.94. The van der Waals surface area contributed by atoms with E-state index in [4.69, 9.17) is 9.47 Å². The second kappa shape index (κ2) is 6.19. The molecule has 3 rings (SSSR count). The number of fused-ring (bicyclic) bond motifs is 1. The van der Waals surface area contributed by atoms with Crippen molar-refractivity contribution >= 4 is 37.3 Å². The van der Waals surface area contributed by atoms with Gasteiger partial charge in [0, 0.05) is 6.04 Å². The zero-order valence-electron chi connectivity index (χ0n) is 11.7. The van der Waals surface area contributed by atoms with Gasteiger partial charge in [0.1, 0.15) is 17.4 Å². The lowest BCUT2D eigenvalue weighted by atomic mass is 10.1. The molecule has 1 aliphatic heterocycles. The van der Waals surface area contributed by atoms with Gasteiger partial charge in [-0.3, -0.25) is 0 Å². The lowest BCUT2D eigenvalue weighted by Gasteiger charge is -2.21. The van der Waals surface area contributed by atoms with Crippen LogP contribution in [0.4, 0.5) is 0 Å². The highest BCUT2D eigenvalue weighted by molar-refractivity contribution is 9.11. The van der Waals surface area contributed by atoms with Gasteiger partial charge in [0.15, 0.2) is 11.5 Å². The molecule has 8 heteroatoms. The Labute approximate surface area is 141 Å². The molecule has 5 nitrogen and oxygen atoms in total. The average molecular weight is 404 g/mol. The molecular formula is C14H14BrNO4S2. The number of rotatable bonds is 4. The molecule has 2 heterocycles. The Morgan fingerprint density at radius 2 is 1.91 bits per heavy atom. The van der Waals surface area contributed by atoms with Gasteiger partial charge in [0.25, 0.3) is 10.0 Å². The van der Waals surface area contributed by atoms with Crippen molar-refractivity contribution in [3.8, 4) is 11.5 Å². The van der Waals surface area contributed by atoms with Crippen LogP contribution in [-0.2, 0) is 10.0 Å². The van der Waals surface area contributed by atoms with Crippen molar-refractivity contribution in [3.63, 3.8) is 0 Å². The maximum atomic E-state index is 12.3. The van der Waals surface area contributed by atoms with Crippen LogP contribution in [-0.4, -0.2) is 21.6 Å². The highest BCUT2D eigenvalue weighted by Gasteiger charge is 2.21. The first kappa shape index (κ1) is 15.8. The molecule has 22 heavy (non-hydrogen) atoms. The fourth-order valence-electron chi connectivity index (χ4n) is 2.13. The van der Waals surface area contributed by atoms with Gasteiger partial charge in [-0.05, 0) is 52.7 Å². The number of sulfonamides is 1. The Morgan fingerprint density at radius 1 is 1.18 bits per heavy atom. The van der Waals surface area contributed by atoms with Gasteiger partial charge in [0.05, 0.1) is 3.79 Å². The normalized spacial score (nSPS) is 15.5. The van der Waals surface area contributed by atoms with E-state index in [0.717, 1.165) is 9.35 Å². The third kappa shape index (κ3) is 3.29. The second-order valence-corrected chi connectivity index (χ2v) is 9.21. The minimum atomic E-state index is -3.54. The first-order valence-electron chi connectivity index (χ1n) is 6.63. The van der Waals surface area contributed by atoms with Crippen molar-refractivity contribution in [2.75, 3.05) is 13.2 Å². The number of hydrogen-bond donors (Lipinski definition) is 1. The van der Waals surface area contributed by atoms with Gasteiger partial charge in [-0.2, -0.15) is 0 Å². The van der Waals surface area contributed by atoms with Gasteiger partial charge in [-0.15, -0.1) is 11.3 Å². The highest BCUT2D eigenvalue weighted by Crippen LogP contribution is 2.33. The SMILES string of the molecule is C[C@H](NS(=O)(=O)c1ccc(Br)s1)c1ccc2c(c1)OCCO2. The standard InChI is InChI=1S/C14H14BrNO4S2/c1-9(16-22(17,18)14-5-4-13(15)21-14)10-2-3-11-12(8-10)20-7-6-19-11/h2-5,8-9,16H,6-7H2,1H3/t9-/m0/s1. The molecule has 118 valence electrons. The monoisotopic (exact) mass is 403 g/mol. The number of ether oxygens (including phenoxy) is 2. The summed E-state index contributed by atoms with van der Waals surface area (Å²) in [5.74, 6) is 1.33. The molecule has 0 bridgehead atoms. The van der Waals surface area contributed by atoms with E-state index in [-0.39, 0.29) is 10.3 Å². The summed E-state index contributed by atoms with van der Waals surface area (Å²) in [6.45, 7) is 2.83. The van der Waals surface area contributed by atoms with E-state index >= 15 is 0 Å². The molecule has 0 spiro atoms. The molecule has 1 aromatic carbocycles. The summed E-state index contributed by atoms with van der Waals surface area (Å²) >= 11 is 4.45. The van der Waals surface area contributed by atoms with Gasteiger partial charge >= 0.3 is 0 Å². The van der Waals surface area contributed by atoms with Gasteiger partial charge in [-0.1, -0.05) is 6.07 Å². The van der Waals surface area contributed by atoms with E-state index in [1.165, 1.54) is 11.3 Å². The van der Waals surface area contributed by atoms with Crippen LogP contribution >= 0.6 is 27.3 Å². The van der Waals surface area contributed by atoms with Crippen molar-refractivity contribution in [1.82, 2.24) is 4.72 Å². The predicted molar refractivity (Wildman–Crippen MR) is 88.2 cm³/mol. The van der Waals surface area contributed by atoms with Crippen LogP contribution in [0.15, 0.2) is 38.3 Å². The third-order valence-corrected chi connectivity index (χ3v) is 6.87. The van der Waals surface area contributed by atoms with E-state index < -0.39 is 10.0 Å². The Morgan fingerprint density at radius 3 is 2.59 bits per heavy atom. The molecule has 0 aliphatic carbocycles. The van der Waals surface area contributed by atoms with E-state index in [1.807, 2.05) is 12.1 Å². The molecule has 0 unspecified atom stereocenters. The van der Waals surface area contributed by atoms with Crippen LogP contribution in [0.25, 0.3) is 0 Å². The molecule has 1 aromatic heterocycles. The van der Waals surface area contributed by atoms with E-state index in [2.05, 4.69) is 20.7 Å². The minimum absolute atomic E-state index is 0.281. The first-order chi connectivity index (χ1) is 10.5. The molecule has 0 saturated carbocycles. The van der Waals surface area contributed by atoms with Crippen LogP contribution in [0.3, 0.4) is 0 Å². The molecule has 0 fully saturated rings. The van der Waals surface area contributed by atoms with E-state index in [1.54, 1.807) is 25.1 Å². The molecule has 1 aliphatic rings. The molecule has 0 saturated heterocycles. The zero-order chi connectivity index (χ0) is 15.7. The maximum Gasteiger partial charge on any atom is 0.250 e. The topological polar surface area (TPSA) is 64.6 Å². The van der Waals surface area contributed by atoms with Gasteiger partial charge in [0.2, 0.25) is 0 Å². The van der Waals surface area contributed by atoms with Crippen LogP contribution in [0.2, 0.25) is 0 Å². The summed E-state index contributed by atoms with van der Waals surface area (Å²) < 4.78 is 39.4. The van der Waals surface area contributed by atoms with Crippen LogP contribution < -0.4 is 14.2 Å². The zero-order valence-corrected chi connectivity index (χ0v) is 14.9. The Kier molecular flexibility index (Phi) is 4.44. The first-order valence-corrected chi connectivity index (χ1v) is 9.72. The Balaban J connectivity index is 1.81. The fraction of sp³-hybridized carbons (Fsp3) is 0.286. The molecule has 1 N–H and O–H groups in total. The Hall–Kier alpha value is -1.09. The van der Waals surface area contributed by atoms with Crippen LogP contribution in [0, 0.1) is 0 Å². The number of hydrogen-bond acceptors (Lipinski definition) is 5. The summed E-state index contributed by atoms with van der Waals surface area (Å²) in [6, 6.07) is 8.37. The third-order valence-electron chi connectivity index (χ3n) is 3.21. The predicted octanol–water partition coefficient (Wildman–Crippen LogP) is 3.32. The van der Waals surface area contributed by atoms with Gasteiger partial charge < -0.3 is 9.47 Å². The smallest absolute Gasteiger partial charge is 0.250 e. The molecule has 0 radical (unpaired) electrons. The van der Waals surface area contributed by atoms with E-state index in [9.17, 15) is 8.42 Å². The lowest BCUT2D eigenvalue weighted by Crippen LogP contribution is -2.26. The van der Waals surface area contributed by atoms with Gasteiger partial charge in [-0.25, -0.2) is 13.1 Å². The number of thiophene rings is 1. The molecule has 1 atom stereocenters. The van der Waals surface area contributed by atoms with Crippen molar-refractivity contribution in [1.29, 1.82) is 0 Å². The molecule has 0 amide bonds.